The molecule has 1 aromatic rings. The van der Waals surface area contributed by atoms with Crippen molar-refractivity contribution in [1.29, 1.82) is 0 Å². The quantitative estimate of drug-likeness (QED) is 0.709. The maximum Gasteiger partial charge on any atom is 0.180 e. The summed E-state index contributed by atoms with van der Waals surface area (Å²) < 4.78 is 24.1. The van der Waals surface area contributed by atoms with Crippen molar-refractivity contribution in [2.45, 2.75) is 42.6 Å². The lowest BCUT2D eigenvalue weighted by Crippen LogP contribution is -2.30. The van der Waals surface area contributed by atoms with Crippen LogP contribution in [0, 0.1) is 0 Å². The molecule has 0 bridgehead atoms. The van der Waals surface area contributed by atoms with Crippen LogP contribution < -0.4 is 11.5 Å². The summed E-state index contributed by atoms with van der Waals surface area (Å²) in [5.74, 6) is 0. The van der Waals surface area contributed by atoms with Crippen LogP contribution in [0.25, 0.3) is 0 Å². The fourth-order valence-electron chi connectivity index (χ4n) is 1.75. The zero-order valence-electron chi connectivity index (χ0n) is 11.3. The number of hydrogen-bond acceptors (Lipinski definition) is 5. The summed E-state index contributed by atoms with van der Waals surface area (Å²) >= 11 is 0. The zero-order chi connectivity index (χ0) is 14.6. The molecule has 0 heterocycles. The molecule has 0 aromatic heterocycles. The Morgan fingerprint density at radius 1 is 1.32 bits per heavy atom. The molecule has 1 aromatic carbocycles. The molecule has 19 heavy (non-hydrogen) atoms. The molecule has 0 saturated heterocycles. The normalized spacial score (nSPS) is 15.5. The van der Waals surface area contributed by atoms with Crippen LogP contribution in [0.3, 0.4) is 0 Å². The van der Waals surface area contributed by atoms with Crippen LogP contribution in [0.4, 0.5) is 0 Å². The molecule has 0 aliphatic carbocycles. The third kappa shape index (κ3) is 3.76. The van der Waals surface area contributed by atoms with Gasteiger partial charge in [0.15, 0.2) is 9.84 Å². The Morgan fingerprint density at radius 3 is 2.47 bits per heavy atom. The van der Waals surface area contributed by atoms with Gasteiger partial charge in [0, 0.05) is 6.04 Å². The lowest BCUT2D eigenvalue weighted by atomic mass is 10.0. The summed E-state index contributed by atoms with van der Waals surface area (Å²) in [5, 5.41) is 9.57. The molecule has 0 saturated carbocycles. The summed E-state index contributed by atoms with van der Waals surface area (Å²) in [4.78, 5) is 0.207. The lowest BCUT2D eigenvalue weighted by Gasteiger charge is -2.19. The van der Waals surface area contributed by atoms with Gasteiger partial charge in [0.25, 0.3) is 0 Å². The third-order valence-corrected chi connectivity index (χ3v) is 5.21. The van der Waals surface area contributed by atoms with E-state index in [0.717, 1.165) is 0 Å². The Kier molecular flexibility index (Phi) is 5.49. The topological polar surface area (TPSA) is 106 Å². The van der Waals surface area contributed by atoms with Crippen molar-refractivity contribution in [1.82, 2.24) is 0 Å². The molecule has 5 nitrogen and oxygen atoms in total. The minimum Gasteiger partial charge on any atom is -0.387 e. The van der Waals surface area contributed by atoms with Gasteiger partial charge in [0.2, 0.25) is 0 Å². The smallest absolute Gasteiger partial charge is 0.180 e. The standard InChI is InChI=1S/C13H22N2O3S/c1-9(2)19(17,18)11-5-3-4-10(8-11)13(16)12(15)6-7-14/h3-5,8-9,12-13,16H,6-7,14-15H2,1-2H3. The molecule has 0 aliphatic rings. The first-order valence-corrected chi connectivity index (χ1v) is 7.83. The van der Waals surface area contributed by atoms with Gasteiger partial charge < -0.3 is 16.6 Å². The average Bonchev–Trinajstić information content (AvgIpc) is 2.38. The number of aliphatic hydroxyl groups is 1. The van der Waals surface area contributed by atoms with Gasteiger partial charge in [0.1, 0.15) is 0 Å². The molecule has 1 rings (SSSR count). The van der Waals surface area contributed by atoms with Crippen molar-refractivity contribution >= 4 is 9.84 Å². The summed E-state index contributed by atoms with van der Waals surface area (Å²) in [6.07, 6.45) is -0.437. The Balaban J connectivity index is 3.08. The van der Waals surface area contributed by atoms with Crippen LogP contribution in [-0.4, -0.2) is 31.4 Å². The van der Waals surface area contributed by atoms with E-state index in [0.29, 0.717) is 18.5 Å². The fourth-order valence-corrected chi connectivity index (χ4v) is 2.86. The molecule has 2 atom stereocenters. The van der Waals surface area contributed by atoms with Gasteiger partial charge >= 0.3 is 0 Å². The third-order valence-electron chi connectivity index (χ3n) is 3.05. The van der Waals surface area contributed by atoms with Crippen molar-refractivity contribution in [2.24, 2.45) is 11.5 Å². The van der Waals surface area contributed by atoms with Crippen molar-refractivity contribution in [3.8, 4) is 0 Å². The van der Waals surface area contributed by atoms with Crippen molar-refractivity contribution in [3.63, 3.8) is 0 Å². The van der Waals surface area contributed by atoms with Gasteiger partial charge in [0.05, 0.1) is 16.2 Å². The molecule has 2 unspecified atom stereocenters. The molecule has 108 valence electrons. The van der Waals surface area contributed by atoms with E-state index in [1.54, 1.807) is 26.0 Å². The van der Waals surface area contributed by atoms with Crippen LogP contribution in [-0.2, 0) is 9.84 Å². The second-order valence-corrected chi connectivity index (χ2v) is 7.36. The molecular weight excluding hydrogens is 264 g/mol. The van der Waals surface area contributed by atoms with Gasteiger partial charge in [-0.1, -0.05) is 12.1 Å². The minimum atomic E-state index is -3.35. The SMILES string of the molecule is CC(C)S(=O)(=O)c1cccc(C(O)C(N)CCN)c1. The molecule has 0 amide bonds. The van der Waals surface area contributed by atoms with Gasteiger partial charge in [-0.25, -0.2) is 8.42 Å². The average molecular weight is 286 g/mol. The van der Waals surface area contributed by atoms with Crippen molar-refractivity contribution in [2.75, 3.05) is 6.54 Å². The first-order chi connectivity index (χ1) is 8.80. The predicted octanol–water partition coefficient (Wildman–Crippen LogP) is 0.578. The summed E-state index contributed by atoms with van der Waals surface area (Å²) in [6.45, 7) is 3.62. The number of aliphatic hydroxyl groups excluding tert-OH is 1. The van der Waals surface area contributed by atoms with Crippen molar-refractivity contribution < 1.29 is 13.5 Å². The van der Waals surface area contributed by atoms with Gasteiger partial charge in [-0.05, 0) is 44.5 Å². The summed E-state index contributed by atoms with van der Waals surface area (Å²) in [6, 6.07) is 5.79. The first-order valence-electron chi connectivity index (χ1n) is 6.28. The van der Waals surface area contributed by atoms with Crippen LogP contribution >= 0.6 is 0 Å². The Morgan fingerprint density at radius 2 is 1.95 bits per heavy atom. The molecule has 5 N–H and O–H groups in total. The van der Waals surface area contributed by atoms with E-state index in [9.17, 15) is 13.5 Å². The highest BCUT2D eigenvalue weighted by Crippen LogP contribution is 2.23. The minimum absolute atomic E-state index is 0.207. The predicted molar refractivity (Wildman–Crippen MR) is 75.4 cm³/mol. The second kappa shape index (κ2) is 6.47. The monoisotopic (exact) mass is 286 g/mol. The highest BCUT2D eigenvalue weighted by molar-refractivity contribution is 7.92. The molecule has 0 spiro atoms. The molecule has 0 fully saturated rings. The Labute approximate surface area is 114 Å². The molecular formula is C13H22N2O3S. The van der Waals surface area contributed by atoms with Crippen LogP contribution in [0.2, 0.25) is 0 Å². The van der Waals surface area contributed by atoms with Crippen LogP contribution in [0.15, 0.2) is 29.2 Å². The van der Waals surface area contributed by atoms with E-state index in [-0.39, 0.29) is 4.90 Å². The molecule has 0 radical (unpaired) electrons. The van der Waals surface area contributed by atoms with E-state index in [2.05, 4.69) is 0 Å². The lowest BCUT2D eigenvalue weighted by molar-refractivity contribution is 0.143. The number of sulfone groups is 1. The zero-order valence-corrected chi connectivity index (χ0v) is 12.1. The fraction of sp³-hybridized carbons (Fsp3) is 0.538. The van der Waals surface area contributed by atoms with Crippen LogP contribution in [0.5, 0.6) is 0 Å². The Hall–Kier alpha value is -0.950. The highest BCUT2D eigenvalue weighted by atomic mass is 32.2. The van der Waals surface area contributed by atoms with E-state index >= 15 is 0 Å². The van der Waals surface area contributed by atoms with Crippen molar-refractivity contribution in [3.05, 3.63) is 29.8 Å². The van der Waals surface area contributed by atoms with Crippen LogP contribution in [0.1, 0.15) is 31.9 Å². The highest BCUT2D eigenvalue weighted by Gasteiger charge is 2.22. The number of hydrogen-bond donors (Lipinski definition) is 3. The maximum atomic E-state index is 12.1. The van der Waals surface area contributed by atoms with E-state index < -0.39 is 27.2 Å². The molecule has 0 aliphatic heterocycles. The van der Waals surface area contributed by atoms with Gasteiger partial charge in [-0.2, -0.15) is 0 Å². The maximum absolute atomic E-state index is 12.1. The van der Waals surface area contributed by atoms with Gasteiger partial charge in [-0.15, -0.1) is 0 Å². The van der Waals surface area contributed by atoms with E-state index in [4.69, 9.17) is 11.5 Å². The first kappa shape index (κ1) is 16.1. The van der Waals surface area contributed by atoms with E-state index in [1.165, 1.54) is 12.1 Å². The summed E-state index contributed by atoms with van der Waals surface area (Å²) in [5.41, 5.74) is 11.7. The van der Waals surface area contributed by atoms with E-state index in [1.807, 2.05) is 0 Å². The number of rotatable bonds is 6. The number of benzene rings is 1. The second-order valence-electron chi connectivity index (χ2n) is 4.85. The Bertz CT molecular complexity index is 514. The molecule has 6 heteroatoms. The number of nitrogens with two attached hydrogens (primary N) is 2. The summed E-state index contributed by atoms with van der Waals surface area (Å²) in [7, 11) is -3.35. The van der Waals surface area contributed by atoms with Gasteiger partial charge in [-0.3, -0.25) is 0 Å². The largest absolute Gasteiger partial charge is 0.387 e.